The normalized spacial score (nSPS) is 21.2. The summed E-state index contributed by atoms with van der Waals surface area (Å²) in [5.41, 5.74) is 0. The number of hydrogen-bond acceptors (Lipinski definition) is 4. The molecule has 0 spiro atoms. The van der Waals surface area contributed by atoms with Gasteiger partial charge in [-0.2, -0.15) is 5.26 Å². The number of nitriles is 1. The van der Waals surface area contributed by atoms with Gasteiger partial charge in [0, 0.05) is 19.6 Å². The van der Waals surface area contributed by atoms with Crippen molar-refractivity contribution in [2.24, 2.45) is 5.92 Å². The second-order valence-corrected chi connectivity index (χ2v) is 4.01. The molecule has 1 rings (SSSR count). The minimum atomic E-state index is -0.404. The molecular weight excluding hydrogens is 194 g/mol. The fourth-order valence-corrected chi connectivity index (χ4v) is 1.36. The van der Waals surface area contributed by atoms with Crippen LogP contribution in [-0.4, -0.2) is 43.3 Å². The highest BCUT2D eigenvalue weighted by Gasteiger charge is 2.27. The Morgan fingerprint density at radius 3 is 3.07 bits per heavy atom. The molecule has 0 aromatic rings. The van der Waals surface area contributed by atoms with Crippen LogP contribution in [0.5, 0.6) is 0 Å². The van der Waals surface area contributed by atoms with Crippen LogP contribution in [0.4, 0.5) is 4.79 Å². The summed E-state index contributed by atoms with van der Waals surface area (Å²) in [4.78, 5) is 13.1. The number of nitrogens with one attached hydrogen (secondary N) is 1. The first-order valence-electron chi connectivity index (χ1n) is 5.19. The van der Waals surface area contributed by atoms with Crippen LogP contribution in [0.3, 0.4) is 0 Å². The van der Waals surface area contributed by atoms with Crippen molar-refractivity contribution in [2.75, 3.05) is 26.2 Å². The first kappa shape index (κ1) is 11.8. The summed E-state index contributed by atoms with van der Waals surface area (Å²) in [5.74, 6) is 0.317. The van der Waals surface area contributed by atoms with E-state index >= 15 is 0 Å². The Balaban J connectivity index is 2.46. The van der Waals surface area contributed by atoms with Crippen LogP contribution in [-0.2, 0) is 4.74 Å². The van der Waals surface area contributed by atoms with Gasteiger partial charge in [0.1, 0.15) is 6.04 Å². The lowest BCUT2D eigenvalue weighted by Crippen LogP contribution is -2.53. The monoisotopic (exact) mass is 211 g/mol. The standard InChI is InChI=1S/C10H17N3O2/c1-8(2)7-15-10(14)13-4-3-12-6-9(13)5-11/h8-9,12H,3-4,6-7H2,1-2H3. The van der Waals surface area contributed by atoms with Crippen molar-refractivity contribution in [1.82, 2.24) is 10.2 Å². The van der Waals surface area contributed by atoms with Crippen molar-refractivity contribution in [3.8, 4) is 6.07 Å². The number of hydrogen-bond donors (Lipinski definition) is 1. The summed E-state index contributed by atoms with van der Waals surface area (Å²) in [6.45, 7) is 6.14. The highest BCUT2D eigenvalue weighted by Crippen LogP contribution is 2.06. The molecule has 1 unspecified atom stereocenters. The lowest BCUT2D eigenvalue weighted by molar-refractivity contribution is 0.0787. The molecule has 0 radical (unpaired) electrons. The number of rotatable bonds is 2. The van der Waals surface area contributed by atoms with Crippen molar-refractivity contribution >= 4 is 6.09 Å². The highest BCUT2D eigenvalue weighted by molar-refractivity contribution is 5.68. The summed E-state index contributed by atoms with van der Waals surface area (Å²) in [6, 6.07) is 1.68. The smallest absolute Gasteiger partial charge is 0.410 e. The quantitative estimate of drug-likeness (QED) is 0.725. The van der Waals surface area contributed by atoms with Crippen molar-refractivity contribution in [3.63, 3.8) is 0 Å². The average molecular weight is 211 g/mol. The number of piperazine rings is 1. The Hall–Kier alpha value is -1.28. The van der Waals surface area contributed by atoms with Gasteiger partial charge in [0.05, 0.1) is 12.7 Å². The van der Waals surface area contributed by atoms with Crippen molar-refractivity contribution in [1.29, 1.82) is 5.26 Å². The van der Waals surface area contributed by atoms with E-state index in [4.69, 9.17) is 10.00 Å². The van der Waals surface area contributed by atoms with Crippen molar-refractivity contribution in [3.05, 3.63) is 0 Å². The molecule has 0 bridgehead atoms. The lowest BCUT2D eigenvalue weighted by atomic mass is 10.2. The molecule has 1 saturated heterocycles. The van der Waals surface area contributed by atoms with Crippen molar-refractivity contribution in [2.45, 2.75) is 19.9 Å². The van der Waals surface area contributed by atoms with Gasteiger partial charge >= 0.3 is 6.09 Å². The molecular formula is C10H17N3O2. The van der Waals surface area contributed by atoms with Gasteiger partial charge in [0.25, 0.3) is 0 Å². The molecule has 0 aromatic carbocycles. The van der Waals surface area contributed by atoms with E-state index < -0.39 is 6.04 Å². The fourth-order valence-electron chi connectivity index (χ4n) is 1.36. The van der Waals surface area contributed by atoms with Crippen LogP contribution in [0, 0.1) is 17.2 Å². The van der Waals surface area contributed by atoms with Crippen molar-refractivity contribution < 1.29 is 9.53 Å². The minimum Gasteiger partial charge on any atom is -0.449 e. The molecule has 1 heterocycles. The van der Waals surface area contributed by atoms with Gasteiger partial charge in [-0.25, -0.2) is 4.79 Å². The Bertz CT molecular complexity index is 260. The van der Waals surface area contributed by atoms with E-state index in [0.717, 1.165) is 6.54 Å². The minimum absolute atomic E-state index is 0.317. The predicted molar refractivity (Wildman–Crippen MR) is 55.2 cm³/mol. The van der Waals surface area contributed by atoms with Gasteiger partial charge in [-0.1, -0.05) is 13.8 Å². The molecule has 0 saturated carbocycles. The third-order valence-electron chi connectivity index (χ3n) is 2.17. The van der Waals surface area contributed by atoms with E-state index in [2.05, 4.69) is 11.4 Å². The van der Waals surface area contributed by atoms with E-state index in [-0.39, 0.29) is 6.09 Å². The summed E-state index contributed by atoms with van der Waals surface area (Å²) in [5, 5.41) is 11.9. The number of carbonyl (C=O) groups is 1. The van der Waals surface area contributed by atoms with E-state index in [9.17, 15) is 4.79 Å². The first-order valence-corrected chi connectivity index (χ1v) is 5.19. The molecule has 1 fully saturated rings. The number of carbonyl (C=O) groups excluding carboxylic acids is 1. The Labute approximate surface area is 90.0 Å². The molecule has 84 valence electrons. The second kappa shape index (κ2) is 5.56. The van der Waals surface area contributed by atoms with E-state index in [0.29, 0.717) is 25.6 Å². The van der Waals surface area contributed by atoms with Gasteiger partial charge in [-0.15, -0.1) is 0 Å². The molecule has 5 nitrogen and oxygen atoms in total. The maximum Gasteiger partial charge on any atom is 0.410 e. The lowest BCUT2D eigenvalue weighted by Gasteiger charge is -2.31. The van der Waals surface area contributed by atoms with Gasteiger partial charge in [0.15, 0.2) is 0 Å². The molecule has 1 aliphatic rings. The average Bonchev–Trinajstić information content (AvgIpc) is 2.25. The summed E-state index contributed by atoms with van der Waals surface area (Å²) in [7, 11) is 0. The SMILES string of the molecule is CC(C)COC(=O)N1CCNCC1C#N. The fraction of sp³-hybridized carbons (Fsp3) is 0.800. The molecule has 0 aromatic heterocycles. The van der Waals surface area contributed by atoms with E-state index in [1.54, 1.807) is 0 Å². The van der Waals surface area contributed by atoms with E-state index in [1.807, 2.05) is 13.8 Å². The van der Waals surface area contributed by atoms with Gasteiger partial charge in [0.2, 0.25) is 0 Å². The van der Waals surface area contributed by atoms with Crippen LogP contribution in [0.2, 0.25) is 0 Å². The van der Waals surface area contributed by atoms with Gasteiger partial charge < -0.3 is 10.1 Å². The summed E-state index contributed by atoms with van der Waals surface area (Å²) < 4.78 is 5.08. The third kappa shape index (κ3) is 3.40. The first-order chi connectivity index (χ1) is 7.15. The zero-order valence-corrected chi connectivity index (χ0v) is 9.19. The molecule has 1 N–H and O–H groups in total. The van der Waals surface area contributed by atoms with Crippen LogP contribution in [0.15, 0.2) is 0 Å². The van der Waals surface area contributed by atoms with Crippen LogP contribution < -0.4 is 5.32 Å². The summed E-state index contributed by atoms with van der Waals surface area (Å²) in [6.07, 6.45) is -0.378. The maximum absolute atomic E-state index is 11.6. The Morgan fingerprint density at radius 2 is 2.47 bits per heavy atom. The molecule has 1 amide bonds. The maximum atomic E-state index is 11.6. The van der Waals surface area contributed by atoms with Crippen LogP contribution >= 0.6 is 0 Å². The van der Waals surface area contributed by atoms with Crippen LogP contribution in [0.1, 0.15) is 13.8 Å². The topological polar surface area (TPSA) is 65.4 Å². The molecule has 5 heteroatoms. The molecule has 1 atom stereocenters. The predicted octanol–water partition coefficient (Wildman–Crippen LogP) is 0.576. The number of nitrogens with zero attached hydrogens (tertiary/aromatic N) is 2. The number of ether oxygens (including phenoxy) is 1. The van der Waals surface area contributed by atoms with Gasteiger partial charge in [-0.05, 0) is 5.92 Å². The Kier molecular flexibility index (Phi) is 4.37. The molecule has 15 heavy (non-hydrogen) atoms. The van der Waals surface area contributed by atoms with Gasteiger partial charge in [-0.3, -0.25) is 4.90 Å². The zero-order chi connectivity index (χ0) is 11.3. The Morgan fingerprint density at radius 1 is 1.73 bits per heavy atom. The van der Waals surface area contributed by atoms with E-state index in [1.165, 1.54) is 4.90 Å². The third-order valence-corrected chi connectivity index (χ3v) is 2.17. The number of amides is 1. The largest absolute Gasteiger partial charge is 0.449 e. The second-order valence-electron chi connectivity index (χ2n) is 4.01. The van der Waals surface area contributed by atoms with Crippen LogP contribution in [0.25, 0.3) is 0 Å². The highest BCUT2D eigenvalue weighted by atomic mass is 16.6. The molecule has 0 aliphatic carbocycles. The molecule has 1 aliphatic heterocycles. The summed E-state index contributed by atoms with van der Waals surface area (Å²) >= 11 is 0. The zero-order valence-electron chi connectivity index (χ0n) is 9.19.